The molecule has 1 aromatic carbocycles. The normalized spacial score (nSPS) is 21.4. The van der Waals surface area contributed by atoms with Crippen LogP contribution >= 0.6 is 0 Å². The molecular weight excluding hydrogens is 326 g/mol. The van der Waals surface area contributed by atoms with Gasteiger partial charge < -0.3 is 9.80 Å². The lowest BCUT2D eigenvalue weighted by molar-refractivity contribution is -0.127. The van der Waals surface area contributed by atoms with E-state index in [1.807, 2.05) is 4.90 Å². The van der Waals surface area contributed by atoms with Crippen LogP contribution in [0.25, 0.3) is 11.0 Å². The summed E-state index contributed by atoms with van der Waals surface area (Å²) in [5.74, 6) is -0.961. The maximum absolute atomic E-state index is 13.5. The molecule has 0 bridgehead atoms. The lowest BCUT2D eigenvalue weighted by Crippen LogP contribution is -2.47. The lowest BCUT2D eigenvalue weighted by atomic mass is 10.0. The van der Waals surface area contributed by atoms with Crippen LogP contribution in [0.15, 0.2) is 18.3 Å². The van der Waals surface area contributed by atoms with Crippen LogP contribution in [-0.4, -0.2) is 46.5 Å². The number of benzene rings is 1. The second-order valence-corrected chi connectivity index (χ2v) is 6.77. The standard InChI is InChI=1S/C18H20F2N4O/c19-13-8-15-16(9-14(13)20)22-17(10-21-15)24-7-2-1-4-12(24)11-23-6-3-5-18(23)25/h8-10,12H,1-7,11H2. The molecule has 3 heterocycles. The molecule has 2 aromatic rings. The molecule has 1 unspecified atom stereocenters. The minimum atomic E-state index is -0.920. The van der Waals surface area contributed by atoms with Gasteiger partial charge in [-0.25, -0.2) is 13.8 Å². The van der Waals surface area contributed by atoms with Gasteiger partial charge in [0.1, 0.15) is 5.82 Å². The number of carbonyl (C=O) groups is 1. The number of hydrogen-bond acceptors (Lipinski definition) is 4. The van der Waals surface area contributed by atoms with Crippen molar-refractivity contribution in [2.45, 2.75) is 38.1 Å². The van der Waals surface area contributed by atoms with E-state index in [2.05, 4.69) is 14.9 Å². The number of halogens is 2. The van der Waals surface area contributed by atoms with Gasteiger partial charge in [-0.15, -0.1) is 0 Å². The fourth-order valence-electron chi connectivity index (χ4n) is 3.78. The Bertz CT molecular complexity index is 813. The van der Waals surface area contributed by atoms with E-state index in [1.165, 1.54) is 0 Å². The van der Waals surface area contributed by atoms with Gasteiger partial charge in [0, 0.05) is 44.2 Å². The SMILES string of the molecule is O=C1CCCN1CC1CCCCN1c1cnc2cc(F)c(F)cc2n1. The highest BCUT2D eigenvalue weighted by atomic mass is 19.2. The molecule has 1 atom stereocenters. The van der Waals surface area contributed by atoms with Gasteiger partial charge >= 0.3 is 0 Å². The topological polar surface area (TPSA) is 49.3 Å². The molecule has 1 aromatic heterocycles. The van der Waals surface area contributed by atoms with Crippen LogP contribution in [0, 0.1) is 11.6 Å². The van der Waals surface area contributed by atoms with E-state index in [9.17, 15) is 13.6 Å². The number of carbonyl (C=O) groups excluding carboxylic acids is 1. The molecule has 2 aliphatic heterocycles. The number of piperidine rings is 1. The molecule has 132 valence electrons. The average Bonchev–Trinajstić information content (AvgIpc) is 3.01. The third-order valence-electron chi connectivity index (χ3n) is 5.10. The second-order valence-electron chi connectivity index (χ2n) is 6.77. The number of aromatic nitrogens is 2. The van der Waals surface area contributed by atoms with Crippen LogP contribution in [0.2, 0.25) is 0 Å². The van der Waals surface area contributed by atoms with E-state index in [0.29, 0.717) is 29.8 Å². The fourth-order valence-corrected chi connectivity index (χ4v) is 3.78. The van der Waals surface area contributed by atoms with Crippen molar-refractivity contribution in [3.8, 4) is 0 Å². The summed E-state index contributed by atoms with van der Waals surface area (Å²) < 4.78 is 26.9. The first kappa shape index (κ1) is 16.2. The number of likely N-dealkylation sites (tertiary alicyclic amines) is 1. The first-order valence-corrected chi connectivity index (χ1v) is 8.78. The Labute approximate surface area is 144 Å². The van der Waals surface area contributed by atoms with Gasteiger partial charge in [-0.3, -0.25) is 9.78 Å². The Morgan fingerprint density at radius 3 is 2.64 bits per heavy atom. The maximum atomic E-state index is 13.5. The van der Waals surface area contributed by atoms with Crippen molar-refractivity contribution in [3.63, 3.8) is 0 Å². The van der Waals surface area contributed by atoms with E-state index in [1.54, 1.807) is 6.20 Å². The van der Waals surface area contributed by atoms with E-state index >= 15 is 0 Å². The van der Waals surface area contributed by atoms with Gasteiger partial charge in [-0.05, 0) is 25.7 Å². The average molecular weight is 346 g/mol. The van der Waals surface area contributed by atoms with Crippen LogP contribution in [0.5, 0.6) is 0 Å². The molecule has 7 heteroatoms. The number of anilines is 1. The fraction of sp³-hybridized carbons (Fsp3) is 0.500. The molecule has 2 saturated heterocycles. The molecule has 0 aliphatic carbocycles. The van der Waals surface area contributed by atoms with Gasteiger partial charge in [-0.1, -0.05) is 0 Å². The molecule has 0 spiro atoms. The smallest absolute Gasteiger partial charge is 0.222 e. The highest BCUT2D eigenvalue weighted by molar-refractivity contribution is 5.78. The zero-order chi connectivity index (χ0) is 17.4. The first-order valence-electron chi connectivity index (χ1n) is 8.78. The molecule has 2 aliphatic rings. The Balaban J connectivity index is 1.62. The van der Waals surface area contributed by atoms with Crippen LogP contribution in [-0.2, 0) is 4.79 Å². The molecular formula is C18H20F2N4O. The van der Waals surface area contributed by atoms with E-state index in [0.717, 1.165) is 50.9 Å². The summed E-state index contributed by atoms with van der Waals surface area (Å²) in [4.78, 5) is 24.8. The predicted molar refractivity (Wildman–Crippen MR) is 90.3 cm³/mol. The molecule has 1 amide bonds. The minimum absolute atomic E-state index is 0.188. The van der Waals surface area contributed by atoms with Crippen molar-refractivity contribution in [1.29, 1.82) is 0 Å². The van der Waals surface area contributed by atoms with E-state index in [4.69, 9.17) is 0 Å². The highest BCUT2D eigenvalue weighted by Gasteiger charge is 2.29. The van der Waals surface area contributed by atoms with Crippen molar-refractivity contribution in [3.05, 3.63) is 30.0 Å². The first-order chi connectivity index (χ1) is 12.1. The van der Waals surface area contributed by atoms with Crippen molar-refractivity contribution < 1.29 is 13.6 Å². The van der Waals surface area contributed by atoms with Crippen molar-refractivity contribution >= 4 is 22.8 Å². The van der Waals surface area contributed by atoms with Crippen molar-refractivity contribution in [2.75, 3.05) is 24.5 Å². The summed E-state index contributed by atoms with van der Waals surface area (Å²) in [5.41, 5.74) is 0.684. The highest BCUT2D eigenvalue weighted by Crippen LogP contribution is 2.26. The van der Waals surface area contributed by atoms with E-state index in [-0.39, 0.29) is 11.9 Å². The predicted octanol–water partition coefficient (Wildman–Crippen LogP) is 2.89. The molecule has 2 fully saturated rings. The molecule has 0 saturated carbocycles. The molecule has 4 rings (SSSR count). The number of hydrogen-bond donors (Lipinski definition) is 0. The quantitative estimate of drug-likeness (QED) is 0.857. The maximum Gasteiger partial charge on any atom is 0.222 e. The van der Waals surface area contributed by atoms with Crippen molar-refractivity contribution in [1.82, 2.24) is 14.9 Å². The number of rotatable bonds is 3. The summed E-state index contributed by atoms with van der Waals surface area (Å²) in [6, 6.07) is 2.34. The van der Waals surface area contributed by atoms with Crippen molar-refractivity contribution in [2.24, 2.45) is 0 Å². The minimum Gasteiger partial charge on any atom is -0.351 e. The molecule has 5 nitrogen and oxygen atoms in total. The zero-order valence-corrected chi connectivity index (χ0v) is 13.9. The summed E-state index contributed by atoms with van der Waals surface area (Å²) in [6.45, 7) is 2.34. The Morgan fingerprint density at radius 2 is 1.88 bits per heavy atom. The third-order valence-corrected chi connectivity index (χ3v) is 5.10. The van der Waals surface area contributed by atoms with Gasteiger partial charge in [0.2, 0.25) is 5.91 Å². The summed E-state index contributed by atoms with van der Waals surface area (Å²) in [6.07, 6.45) is 6.32. The Kier molecular flexibility index (Phi) is 4.23. The van der Waals surface area contributed by atoms with Crippen LogP contribution in [0.4, 0.5) is 14.6 Å². The third kappa shape index (κ3) is 3.15. The number of amides is 1. The van der Waals surface area contributed by atoms with Gasteiger partial charge in [0.25, 0.3) is 0 Å². The Hall–Kier alpha value is -2.31. The second kappa shape index (κ2) is 6.54. The Morgan fingerprint density at radius 1 is 1.08 bits per heavy atom. The van der Waals surface area contributed by atoms with Gasteiger partial charge in [0.05, 0.1) is 17.2 Å². The monoisotopic (exact) mass is 346 g/mol. The molecule has 0 radical (unpaired) electrons. The number of fused-ring (bicyclic) bond motifs is 1. The van der Waals surface area contributed by atoms with Gasteiger partial charge in [-0.2, -0.15) is 0 Å². The zero-order valence-electron chi connectivity index (χ0n) is 13.9. The summed E-state index contributed by atoms with van der Waals surface area (Å²) in [5, 5.41) is 0. The molecule has 25 heavy (non-hydrogen) atoms. The molecule has 0 N–H and O–H groups in total. The summed E-state index contributed by atoms with van der Waals surface area (Å²) >= 11 is 0. The van der Waals surface area contributed by atoms with Gasteiger partial charge in [0.15, 0.2) is 11.6 Å². The summed E-state index contributed by atoms with van der Waals surface area (Å²) in [7, 11) is 0. The number of nitrogens with zero attached hydrogens (tertiary/aromatic N) is 4. The van der Waals surface area contributed by atoms with Crippen LogP contribution < -0.4 is 4.90 Å². The lowest BCUT2D eigenvalue weighted by Gasteiger charge is -2.38. The van der Waals surface area contributed by atoms with Crippen LogP contribution in [0.3, 0.4) is 0 Å². The van der Waals surface area contributed by atoms with Crippen LogP contribution in [0.1, 0.15) is 32.1 Å². The van der Waals surface area contributed by atoms with E-state index < -0.39 is 11.6 Å². The largest absolute Gasteiger partial charge is 0.351 e.